The third-order valence-corrected chi connectivity index (χ3v) is 3.41. The van der Waals surface area contributed by atoms with Crippen LogP contribution in [-0.4, -0.2) is 48.9 Å². The van der Waals surface area contributed by atoms with E-state index in [2.05, 4.69) is 0 Å². The zero-order chi connectivity index (χ0) is 20.3. The molecule has 1 aromatic rings. The topological polar surface area (TPSA) is 65.1 Å². The summed E-state index contributed by atoms with van der Waals surface area (Å²) in [5.41, 5.74) is 0.583. The minimum Gasteiger partial charge on any atom is -0.492 e. The highest BCUT2D eigenvalue weighted by molar-refractivity contribution is 5.81. The van der Waals surface area contributed by atoms with Crippen molar-refractivity contribution in [3.8, 4) is 5.75 Å². The number of hydrogen-bond acceptors (Lipinski definition) is 5. The summed E-state index contributed by atoms with van der Waals surface area (Å²) in [6.07, 6.45) is 3.18. The van der Waals surface area contributed by atoms with E-state index in [1.54, 1.807) is 17.9 Å². The molecule has 0 aliphatic rings. The standard InChI is InChI=1S/C21H31NO5/c1-6-25-19(23)9-7-8-14-22(20(24)27-21(3,4)5)15-16-26-18-12-10-17(2)11-13-18/h7,9-13H,6,8,14-16H2,1-5H3/b9-7+. The highest BCUT2D eigenvalue weighted by Crippen LogP contribution is 2.13. The Hall–Kier alpha value is -2.50. The molecule has 0 saturated heterocycles. The van der Waals surface area contributed by atoms with Gasteiger partial charge in [0.25, 0.3) is 0 Å². The van der Waals surface area contributed by atoms with E-state index in [1.165, 1.54) is 6.08 Å². The minimum atomic E-state index is -0.575. The van der Waals surface area contributed by atoms with Crippen molar-refractivity contribution in [2.45, 2.75) is 46.6 Å². The molecule has 0 unspecified atom stereocenters. The van der Waals surface area contributed by atoms with E-state index in [1.807, 2.05) is 52.0 Å². The summed E-state index contributed by atoms with van der Waals surface area (Å²) < 4.78 is 16.0. The maximum absolute atomic E-state index is 12.4. The molecule has 1 aromatic carbocycles. The number of ether oxygens (including phenoxy) is 3. The normalized spacial score (nSPS) is 11.3. The molecule has 0 fully saturated rings. The van der Waals surface area contributed by atoms with Crippen LogP contribution in [0, 0.1) is 6.92 Å². The molecule has 0 aliphatic carbocycles. The Morgan fingerprint density at radius 3 is 2.37 bits per heavy atom. The van der Waals surface area contributed by atoms with Crippen molar-refractivity contribution in [2.75, 3.05) is 26.3 Å². The molecule has 0 aromatic heterocycles. The minimum absolute atomic E-state index is 0.337. The van der Waals surface area contributed by atoms with Crippen LogP contribution in [0.25, 0.3) is 0 Å². The van der Waals surface area contributed by atoms with Gasteiger partial charge >= 0.3 is 12.1 Å². The molecule has 0 saturated carbocycles. The Bertz CT molecular complexity index is 616. The Kier molecular flexibility index (Phi) is 9.40. The third kappa shape index (κ3) is 10.3. The first-order valence-corrected chi connectivity index (χ1v) is 9.22. The monoisotopic (exact) mass is 377 g/mol. The lowest BCUT2D eigenvalue weighted by atomic mass is 10.2. The fourth-order valence-electron chi connectivity index (χ4n) is 2.13. The summed E-state index contributed by atoms with van der Waals surface area (Å²) >= 11 is 0. The average molecular weight is 377 g/mol. The Balaban J connectivity index is 2.57. The first kappa shape index (κ1) is 22.5. The van der Waals surface area contributed by atoms with Gasteiger partial charge in [-0.05, 0) is 53.2 Å². The van der Waals surface area contributed by atoms with Gasteiger partial charge in [0.1, 0.15) is 18.0 Å². The van der Waals surface area contributed by atoms with E-state index in [-0.39, 0.29) is 5.97 Å². The molecule has 0 N–H and O–H groups in total. The number of amides is 1. The fourth-order valence-corrected chi connectivity index (χ4v) is 2.13. The van der Waals surface area contributed by atoms with E-state index in [0.29, 0.717) is 32.7 Å². The SMILES string of the molecule is CCOC(=O)/C=C/CCN(CCOc1ccc(C)cc1)C(=O)OC(C)(C)C. The lowest BCUT2D eigenvalue weighted by Crippen LogP contribution is -2.39. The molecule has 6 nitrogen and oxygen atoms in total. The molecule has 1 rings (SSSR count). The van der Waals surface area contributed by atoms with Crippen LogP contribution in [0.1, 0.15) is 39.7 Å². The highest BCUT2D eigenvalue weighted by atomic mass is 16.6. The smallest absolute Gasteiger partial charge is 0.410 e. The number of aryl methyl sites for hydroxylation is 1. The quantitative estimate of drug-likeness (QED) is 0.478. The average Bonchev–Trinajstić information content (AvgIpc) is 2.57. The van der Waals surface area contributed by atoms with Crippen molar-refractivity contribution in [1.29, 1.82) is 0 Å². The maximum atomic E-state index is 12.4. The van der Waals surface area contributed by atoms with Gasteiger partial charge in [-0.1, -0.05) is 23.8 Å². The first-order chi connectivity index (χ1) is 12.7. The largest absolute Gasteiger partial charge is 0.492 e. The van der Waals surface area contributed by atoms with E-state index in [9.17, 15) is 9.59 Å². The third-order valence-electron chi connectivity index (χ3n) is 3.41. The first-order valence-electron chi connectivity index (χ1n) is 9.22. The van der Waals surface area contributed by atoms with E-state index in [4.69, 9.17) is 14.2 Å². The number of hydrogen-bond donors (Lipinski definition) is 0. The van der Waals surface area contributed by atoms with Crippen LogP contribution in [0.15, 0.2) is 36.4 Å². The van der Waals surface area contributed by atoms with Crippen LogP contribution in [0.5, 0.6) is 5.75 Å². The predicted octanol–water partition coefficient (Wildman–Crippen LogP) is 4.12. The van der Waals surface area contributed by atoms with Crippen molar-refractivity contribution >= 4 is 12.1 Å². The van der Waals surface area contributed by atoms with E-state index >= 15 is 0 Å². The second kappa shape index (κ2) is 11.3. The van der Waals surface area contributed by atoms with Gasteiger partial charge in [-0.25, -0.2) is 9.59 Å². The van der Waals surface area contributed by atoms with E-state index in [0.717, 1.165) is 11.3 Å². The summed E-state index contributed by atoms with van der Waals surface area (Å²) in [5.74, 6) is 0.371. The van der Waals surface area contributed by atoms with Gasteiger partial charge in [0.2, 0.25) is 0 Å². The van der Waals surface area contributed by atoms with Gasteiger partial charge < -0.3 is 19.1 Å². The van der Waals surface area contributed by atoms with Gasteiger partial charge in [0.05, 0.1) is 13.2 Å². The van der Waals surface area contributed by atoms with Crippen LogP contribution < -0.4 is 4.74 Å². The Morgan fingerprint density at radius 2 is 1.78 bits per heavy atom. The molecule has 0 radical (unpaired) electrons. The molecule has 0 bridgehead atoms. The predicted molar refractivity (Wildman–Crippen MR) is 105 cm³/mol. The zero-order valence-corrected chi connectivity index (χ0v) is 17.0. The Labute approximate surface area is 162 Å². The molecule has 27 heavy (non-hydrogen) atoms. The number of esters is 1. The number of benzene rings is 1. The van der Waals surface area contributed by atoms with Gasteiger partial charge in [-0.15, -0.1) is 0 Å². The van der Waals surface area contributed by atoms with Crippen molar-refractivity contribution in [3.63, 3.8) is 0 Å². The zero-order valence-electron chi connectivity index (χ0n) is 17.0. The van der Waals surface area contributed by atoms with Crippen LogP contribution >= 0.6 is 0 Å². The molecular formula is C21H31NO5. The van der Waals surface area contributed by atoms with Crippen molar-refractivity contribution in [1.82, 2.24) is 4.90 Å². The second-order valence-corrected chi connectivity index (χ2v) is 7.07. The van der Waals surface area contributed by atoms with Crippen molar-refractivity contribution < 1.29 is 23.8 Å². The number of carbonyl (C=O) groups excluding carboxylic acids is 2. The fraction of sp³-hybridized carbons (Fsp3) is 0.524. The molecule has 0 atom stereocenters. The maximum Gasteiger partial charge on any atom is 0.410 e. The number of nitrogens with zero attached hydrogens (tertiary/aromatic N) is 1. The molecular weight excluding hydrogens is 346 g/mol. The summed E-state index contributed by atoms with van der Waals surface area (Å²) in [6, 6.07) is 7.74. The highest BCUT2D eigenvalue weighted by Gasteiger charge is 2.21. The summed E-state index contributed by atoms with van der Waals surface area (Å²) in [6.45, 7) is 10.7. The Morgan fingerprint density at radius 1 is 1.11 bits per heavy atom. The van der Waals surface area contributed by atoms with Crippen LogP contribution in [0.2, 0.25) is 0 Å². The molecule has 1 amide bonds. The van der Waals surface area contributed by atoms with Crippen LogP contribution in [0.4, 0.5) is 4.79 Å². The molecule has 0 spiro atoms. The van der Waals surface area contributed by atoms with Gasteiger partial charge in [-0.3, -0.25) is 0 Å². The lowest BCUT2D eigenvalue weighted by Gasteiger charge is -2.27. The second-order valence-electron chi connectivity index (χ2n) is 7.07. The van der Waals surface area contributed by atoms with Gasteiger partial charge in [0, 0.05) is 12.6 Å². The van der Waals surface area contributed by atoms with Crippen LogP contribution in [0.3, 0.4) is 0 Å². The van der Waals surface area contributed by atoms with Gasteiger partial charge in [-0.2, -0.15) is 0 Å². The summed E-state index contributed by atoms with van der Waals surface area (Å²) in [4.78, 5) is 25.3. The van der Waals surface area contributed by atoms with Gasteiger partial charge in [0.15, 0.2) is 0 Å². The van der Waals surface area contributed by atoms with E-state index < -0.39 is 11.7 Å². The molecule has 6 heteroatoms. The van der Waals surface area contributed by atoms with Crippen molar-refractivity contribution in [3.05, 3.63) is 42.0 Å². The summed E-state index contributed by atoms with van der Waals surface area (Å²) in [5, 5.41) is 0. The number of carbonyl (C=O) groups is 2. The molecule has 0 aliphatic heterocycles. The lowest BCUT2D eigenvalue weighted by molar-refractivity contribution is -0.137. The van der Waals surface area contributed by atoms with Crippen molar-refractivity contribution in [2.24, 2.45) is 0 Å². The number of rotatable bonds is 9. The molecule has 150 valence electrons. The summed E-state index contributed by atoms with van der Waals surface area (Å²) in [7, 11) is 0. The molecule has 0 heterocycles. The van der Waals surface area contributed by atoms with Crippen LogP contribution in [-0.2, 0) is 14.3 Å².